The van der Waals surface area contributed by atoms with E-state index in [4.69, 9.17) is 4.74 Å². The second-order valence-corrected chi connectivity index (χ2v) is 2.46. The Balaban J connectivity index is 2.25. The van der Waals surface area contributed by atoms with Gasteiger partial charge in [0.15, 0.2) is 0 Å². The van der Waals surface area contributed by atoms with Gasteiger partial charge < -0.3 is 10.1 Å². The van der Waals surface area contributed by atoms with Crippen molar-refractivity contribution in [2.24, 2.45) is 5.92 Å². The molecule has 1 saturated heterocycles. The monoisotopic (exact) mass is 143 g/mol. The maximum atomic E-state index is 11.1. The molecule has 10 heavy (non-hydrogen) atoms. The summed E-state index contributed by atoms with van der Waals surface area (Å²) in [4.78, 5) is 11.1. The molecule has 0 radical (unpaired) electrons. The van der Waals surface area contributed by atoms with Crippen LogP contribution in [0.5, 0.6) is 0 Å². The topological polar surface area (TPSA) is 38.3 Å². The Labute approximate surface area is 60.7 Å². The van der Waals surface area contributed by atoms with Crippen molar-refractivity contribution >= 4 is 5.91 Å². The number of rotatable bonds is 2. The van der Waals surface area contributed by atoms with Gasteiger partial charge >= 0.3 is 0 Å². The van der Waals surface area contributed by atoms with E-state index >= 15 is 0 Å². The Kier molecular flexibility index (Phi) is 2.68. The first-order valence-corrected chi connectivity index (χ1v) is 3.70. The van der Waals surface area contributed by atoms with Crippen LogP contribution in [0.4, 0.5) is 0 Å². The van der Waals surface area contributed by atoms with Crippen LogP contribution in [0, 0.1) is 5.92 Å². The first-order chi connectivity index (χ1) is 4.84. The normalized spacial score (nSPS) is 24.7. The quantitative estimate of drug-likeness (QED) is 0.598. The van der Waals surface area contributed by atoms with E-state index in [1.807, 2.05) is 6.92 Å². The number of ether oxygens (including phenoxy) is 1. The second kappa shape index (κ2) is 3.56. The van der Waals surface area contributed by atoms with Crippen molar-refractivity contribution in [3.8, 4) is 0 Å². The molecule has 58 valence electrons. The molecular formula is C7H13NO2. The van der Waals surface area contributed by atoms with E-state index in [2.05, 4.69) is 5.32 Å². The van der Waals surface area contributed by atoms with Crippen LogP contribution < -0.4 is 5.32 Å². The van der Waals surface area contributed by atoms with E-state index in [0.29, 0.717) is 6.61 Å². The van der Waals surface area contributed by atoms with Crippen molar-refractivity contribution in [3.05, 3.63) is 0 Å². The number of carbonyl (C=O) groups is 1. The van der Waals surface area contributed by atoms with Crippen molar-refractivity contribution in [1.82, 2.24) is 5.32 Å². The fraction of sp³-hybridized carbons (Fsp3) is 0.857. The molecule has 1 amide bonds. The summed E-state index contributed by atoms with van der Waals surface area (Å²) >= 11 is 0. The summed E-state index contributed by atoms with van der Waals surface area (Å²) in [7, 11) is 0. The standard InChI is InChI=1S/C7H13NO2/c1-2-8-7(9)6-3-4-10-5-6/h6H,2-5H2,1H3,(H,8,9)/t6-/m0/s1. The summed E-state index contributed by atoms with van der Waals surface area (Å²) in [6, 6.07) is 0. The van der Waals surface area contributed by atoms with Crippen LogP contribution in [0.3, 0.4) is 0 Å². The molecule has 1 aliphatic rings. The summed E-state index contributed by atoms with van der Waals surface area (Å²) < 4.78 is 5.06. The highest BCUT2D eigenvalue weighted by Gasteiger charge is 2.22. The van der Waals surface area contributed by atoms with Gasteiger partial charge in [0, 0.05) is 13.2 Å². The predicted octanol–water partition coefficient (Wildman–Crippen LogP) is 0.159. The van der Waals surface area contributed by atoms with Crippen molar-refractivity contribution in [2.45, 2.75) is 13.3 Å². The fourth-order valence-electron chi connectivity index (χ4n) is 1.06. The lowest BCUT2D eigenvalue weighted by molar-refractivity contribution is -0.124. The Hall–Kier alpha value is -0.570. The average Bonchev–Trinajstić information content (AvgIpc) is 2.38. The van der Waals surface area contributed by atoms with Crippen LogP contribution >= 0.6 is 0 Å². The van der Waals surface area contributed by atoms with E-state index in [-0.39, 0.29) is 11.8 Å². The summed E-state index contributed by atoms with van der Waals surface area (Å²) in [6.07, 6.45) is 0.881. The van der Waals surface area contributed by atoms with E-state index in [1.54, 1.807) is 0 Å². The third-order valence-electron chi connectivity index (χ3n) is 1.65. The highest BCUT2D eigenvalue weighted by Crippen LogP contribution is 2.11. The van der Waals surface area contributed by atoms with Crippen LogP contribution in [-0.4, -0.2) is 25.7 Å². The van der Waals surface area contributed by atoms with E-state index < -0.39 is 0 Å². The lowest BCUT2D eigenvalue weighted by atomic mass is 10.1. The molecule has 1 aliphatic heterocycles. The van der Waals surface area contributed by atoms with Crippen LogP contribution in [0.25, 0.3) is 0 Å². The molecule has 1 heterocycles. The van der Waals surface area contributed by atoms with Gasteiger partial charge in [-0.3, -0.25) is 4.79 Å². The minimum atomic E-state index is 0.111. The van der Waals surface area contributed by atoms with Gasteiger partial charge in [0.05, 0.1) is 12.5 Å². The highest BCUT2D eigenvalue weighted by atomic mass is 16.5. The van der Waals surface area contributed by atoms with Crippen LogP contribution in [0.2, 0.25) is 0 Å². The SMILES string of the molecule is CCNC(=O)[C@H]1CCOC1. The Bertz CT molecular complexity index is 119. The molecular weight excluding hydrogens is 130 g/mol. The van der Waals surface area contributed by atoms with Crippen LogP contribution in [0.1, 0.15) is 13.3 Å². The Morgan fingerprint density at radius 2 is 2.60 bits per heavy atom. The molecule has 1 rings (SSSR count). The van der Waals surface area contributed by atoms with Crippen molar-refractivity contribution < 1.29 is 9.53 Å². The van der Waals surface area contributed by atoms with Gasteiger partial charge in [-0.2, -0.15) is 0 Å². The minimum absolute atomic E-state index is 0.111. The fourth-order valence-corrected chi connectivity index (χ4v) is 1.06. The molecule has 3 heteroatoms. The summed E-state index contributed by atoms with van der Waals surface area (Å²) in [5.74, 6) is 0.250. The van der Waals surface area contributed by atoms with Gasteiger partial charge in [-0.15, -0.1) is 0 Å². The maximum Gasteiger partial charge on any atom is 0.225 e. The largest absolute Gasteiger partial charge is 0.381 e. The van der Waals surface area contributed by atoms with Gasteiger partial charge in [-0.05, 0) is 13.3 Å². The predicted molar refractivity (Wildman–Crippen MR) is 37.6 cm³/mol. The summed E-state index contributed by atoms with van der Waals surface area (Å²) in [5.41, 5.74) is 0. The maximum absolute atomic E-state index is 11.1. The average molecular weight is 143 g/mol. The molecule has 3 nitrogen and oxygen atoms in total. The Morgan fingerprint density at radius 1 is 1.80 bits per heavy atom. The number of hydrogen-bond acceptors (Lipinski definition) is 2. The smallest absolute Gasteiger partial charge is 0.225 e. The van der Waals surface area contributed by atoms with E-state index in [1.165, 1.54) is 0 Å². The number of amides is 1. The molecule has 0 saturated carbocycles. The summed E-state index contributed by atoms with van der Waals surface area (Å²) in [5, 5.41) is 2.77. The van der Waals surface area contributed by atoms with Gasteiger partial charge in [0.25, 0.3) is 0 Å². The number of nitrogens with one attached hydrogen (secondary N) is 1. The molecule has 0 bridgehead atoms. The van der Waals surface area contributed by atoms with Crippen molar-refractivity contribution in [2.75, 3.05) is 19.8 Å². The van der Waals surface area contributed by atoms with Gasteiger partial charge in [0.2, 0.25) is 5.91 Å². The molecule has 0 aromatic rings. The lowest BCUT2D eigenvalue weighted by Crippen LogP contribution is -2.30. The van der Waals surface area contributed by atoms with Crippen LogP contribution in [-0.2, 0) is 9.53 Å². The van der Waals surface area contributed by atoms with E-state index in [9.17, 15) is 4.79 Å². The van der Waals surface area contributed by atoms with Gasteiger partial charge in [-0.25, -0.2) is 0 Å². The molecule has 0 spiro atoms. The van der Waals surface area contributed by atoms with Crippen molar-refractivity contribution in [3.63, 3.8) is 0 Å². The number of hydrogen-bond donors (Lipinski definition) is 1. The second-order valence-electron chi connectivity index (χ2n) is 2.46. The lowest BCUT2D eigenvalue weighted by Gasteiger charge is -2.05. The molecule has 0 unspecified atom stereocenters. The highest BCUT2D eigenvalue weighted by molar-refractivity contribution is 5.78. The third kappa shape index (κ3) is 1.70. The third-order valence-corrected chi connectivity index (χ3v) is 1.65. The summed E-state index contributed by atoms with van der Waals surface area (Å²) in [6.45, 7) is 3.98. The Morgan fingerprint density at radius 3 is 3.10 bits per heavy atom. The molecule has 0 aliphatic carbocycles. The molecule has 0 aromatic heterocycles. The zero-order valence-electron chi connectivity index (χ0n) is 6.22. The molecule has 1 N–H and O–H groups in total. The van der Waals surface area contributed by atoms with E-state index in [0.717, 1.165) is 19.6 Å². The minimum Gasteiger partial charge on any atom is -0.381 e. The van der Waals surface area contributed by atoms with Gasteiger partial charge in [0.1, 0.15) is 0 Å². The van der Waals surface area contributed by atoms with Gasteiger partial charge in [-0.1, -0.05) is 0 Å². The zero-order valence-corrected chi connectivity index (χ0v) is 6.22. The van der Waals surface area contributed by atoms with Crippen LogP contribution in [0.15, 0.2) is 0 Å². The first kappa shape index (κ1) is 7.54. The zero-order chi connectivity index (χ0) is 7.40. The molecule has 1 fully saturated rings. The number of carbonyl (C=O) groups excluding carboxylic acids is 1. The first-order valence-electron chi connectivity index (χ1n) is 3.70. The molecule has 0 aromatic carbocycles. The van der Waals surface area contributed by atoms with Crippen molar-refractivity contribution in [1.29, 1.82) is 0 Å². The molecule has 1 atom stereocenters.